The number of rotatable bonds is 3. The van der Waals surface area contributed by atoms with E-state index >= 15 is 0 Å². The number of pyridine rings is 1. The monoisotopic (exact) mass is 378 g/mol. The highest BCUT2D eigenvalue weighted by Gasteiger charge is 2.24. The van der Waals surface area contributed by atoms with Crippen molar-refractivity contribution in [1.29, 1.82) is 0 Å². The van der Waals surface area contributed by atoms with Gasteiger partial charge in [0.15, 0.2) is 11.6 Å². The number of imidazole rings is 1. The first-order chi connectivity index (χ1) is 13.7. The van der Waals surface area contributed by atoms with Crippen LogP contribution < -0.4 is 0 Å². The lowest BCUT2D eigenvalue weighted by molar-refractivity contribution is 0.355. The molecule has 0 aliphatic heterocycles. The summed E-state index contributed by atoms with van der Waals surface area (Å²) in [5.41, 5.74) is 3.96. The molecule has 4 aromatic rings. The van der Waals surface area contributed by atoms with Gasteiger partial charge in [-0.05, 0) is 43.2 Å². The van der Waals surface area contributed by atoms with Crippen molar-refractivity contribution in [2.75, 3.05) is 0 Å². The second-order valence-electron chi connectivity index (χ2n) is 7.37. The first-order valence-electron chi connectivity index (χ1n) is 9.67. The van der Waals surface area contributed by atoms with Crippen LogP contribution in [0.1, 0.15) is 38.1 Å². The molecule has 3 heterocycles. The van der Waals surface area contributed by atoms with E-state index in [-0.39, 0.29) is 0 Å². The molecule has 0 atom stereocenters. The van der Waals surface area contributed by atoms with E-state index in [1.165, 1.54) is 25.3 Å². The summed E-state index contributed by atoms with van der Waals surface area (Å²) in [6, 6.07) is 8.29. The fourth-order valence-corrected chi connectivity index (χ4v) is 4.29. The number of nitrogens with zero attached hydrogens (tertiary/aromatic N) is 3. The summed E-state index contributed by atoms with van der Waals surface area (Å²) >= 11 is 0. The summed E-state index contributed by atoms with van der Waals surface area (Å²) in [4.78, 5) is 12.2. The SMILES string of the molecule is Fc1ccc(-c2ncn(C3CCCCC3)c2-c2ccnc3[nH]ccc23)cc1F. The van der Waals surface area contributed by atoms with Gasteiger partial charge in [0.1, 0.15) is 5.65 Å². The zero-order chi connectivity index (χ0) is 19.1. The minimum Gasteiger partial charge on any atom is -0.346 e. The van der Waals surface area contributed by atoms with Gasteiger partial charge in [-0.1, -0.05) is 19.3 Å². The van der Waals surface area contributed by atoms with Crippen molar-refractivity contribution in [1.82, 2.24) is 19.5 Å². The van der Waals surface area contributed by atoms with Gasteiger partial charge in [-0.3, -0.25) is 0 Å². The molecule has 4 nitrogen and oxygen atoms in total. The highest BCUT2D eigenvalue weighted by atomic mass is 19.2. The Morgan fingerprint density at radius 2 is 1.82 bits per heavy atom. The van der Waals surface area contributed by atoms with E-state index in [1.807, 2.05) is 24.7 Å². The van der Waals surface area contributed by atoms with Crippen molar-refractivity contribution in [3.8, 4) is 22.5 Å². The zero-order valence-corrected chi connectivity index (χ0v) is 15.3. The molecule has 0 unspecified atom stereocenters. The van der Waals surface area contributed by atoms with Crippen molar-refractivity contribution in [3.63, 3.8) is 0 Å². The van der Waals surface area contributed by atoms with Gasteiger partial charge in [0.25, 0.3) is 0 Å². The third kappa shape index (κ3) is 2.80. The van der Waals surface area contributed by atoms with E-state index in [2.05, 4.69) is 19.5 Å². The first kappa shape index (κ1) is 17.1. The van der Waals surface area contributed by atoms with E-state index in [4.69, 9.17) is 0 Å². The second-order valence-corrected chi connectivity index (χ2v) is 7.37. The van der Waals surface area contributed by atoms with Gasteiger partial charge in [0, 0.05) is 34.9 Å². The van der Waals surface area contributed by atoms with Crippen LogP contribution in [0.2, 0.25) is 0 Å². The van der Waals surface area contributed by atoms with Gasteiger partial charge >= 0.3 is 0 Å². The summed E-state index contributed by atoms with van der Waals surface area (Å²) in [7, 11) is 0. The first-order valence-corrected chi connectivity index (χ1v) is 9.67. The van der Waals surface area contributed by atoms with Crippen LogP contribution in [0.5, 0.6) is 0 Å². The number of hydrogen-bond acceptors (Lipinski definition) is 2. The van der Waals surface area contributed by atoms with Gasteiger partial charge in [-0.15, -0.1) is 0 Å². The number of hydrogen-bond donors (Lipinski definition) is 1. The number of aromatic amines is 1. The van der Waals surface area contributed by atoms with Crippen LogP contribution in [0.25, 0.3) is 33.5 Å². The lowest BCUT2D eigenvalue weighted by atomic mass is 9.94. The van der Waals surface area contributed by atoms with Crippen molar-refractivity contribution >= 4 is 11.0 Å². The fourth-order valence-electron chi connectivity index (χ4n) is 4.29. The van der Waals surface area contributed by atoms with E-state index in [0.717, 1.165) is 41.2 Å². The molecule has 1 aliphatic carbocycles. The molecule has 1 saturated carbocycles. The topological polar surface area (TPSA) is 46.5 Å². The smallest absolute Gasteiger partial charge is 0.159 e. The summed E-state index contributed by atoms with van der Waals surface area (Å²) in [5, 5.41) is 0.990. The maximum absolute atomic E-state index is 13.9. The molecule has 5 rings (SSSR count). The number of H-pyrrole nitrogens is 1. The third-order valence-corrected chi connectivity index (χ3v) is 5.67. The molecule has 1 aliphatic rings. The molecule has 1 fully saturated rings. The van der Waals surface area contributed by atoms with Crippen LogP contribution in [0.3, 0.4) is 0 Å². The Kier molecular flexibility index (Phi) is 4.19. The molecule has 1 aromatic carbocycles. The average molecular weight is 378 g/mol. The molecular formula is C22H20F2N4. The Morgan fingerprint density at radius 3 is 2.64 bits per heavy atom. The van der Waals surface area contributed by atoms with Crippen LogP contribution in [-0.4, -0.2) is 19.5 Å². The van der Waals surface area contributed by atoms with Gasteiger partial charge in [0.05, 0.1) is 17.7 Å². The van der Waals surface area contributed by atoms with Crippen molar-refractivity contribution in [3.05, 3.63) is 60.7 Å². The van der Waals surface area contributed by atoms with Gasteiger partial charge in [0.2, 0.25) is 0 Å². The van der Waals surface area contributed by atoms with Gasteiger partial charge in [-0.2, -0.15) is 0 Å². The van der Waals surface area contributed by atoms with Crippen LogP contribution in [-0.2, 0) is 0 Å². The standard InChI is InChI=1S/C22H20F2N4/c23-18-7-6-14(12-19(18)24)20-21(16-8-10-25-22-17(16)9-11-26-22)28(13-27-20)15-4-2-1-3-5-15/h6-13,15H,1-5H2,(H,25,26). The highest BCUT2D eigenvalue weighted by molar-refractivity contribution is 5.95. The Balaban J connectivity index is 1.75. The Labute approximate surface area is 161 Å². The zero-order valence-electron chi connectivity index (χ0n) is 15.3. The molecule has 6 heteroatoms. The van der Waals surface area contributed by atoms with Crippen molar-refractivity contribution < 1.29 is 8.78 Å². The Bertz CT molecular complexity index is 1140. The molecule has 28 heavy (non-hydrogen) atoms. The maximum atomic E-state index is 13.9. The molecular weight excluding hydrogens is 358 g/mol. The lowest BCUT2D eigenvalue weighted by Gasteiger charge is -2.25. The van der Waals surface area contributed by atoms with Gasteiger partial charge < -0.3 is 9.55 Å². The fraction of sp³-hybridized carbons (Fsp3) is 0.273. The maximum Gasteiger partial charge on any atom is 0.159 e. The van der Waals surface area contributed by atoms with Crippen molar-refractivity contribution in [2.24, 2.45) is 0 Å². The Hall–Kier alpha value is -3.02. The predicted octanol–water partition coefficient (Wildman–Crippen LogP) is 5.88. The number of fused-ring (bicyclic) bond motifs is 1. The molecule has 1 N–H and O–H groups in total. The summed E-state index contributed by atoms with van der Waals surface area (Å²) < 4.78 is 29.6. The molecule has 0 spiro atoms. The van der Waals surface area contributed by atoms with Crippen LogP contribution in [0.15, 0.2) is 49.1 Å². The predicted molar refractivity (Wildman–Crippen MR) is 105 cm³/mol. The van der Waals surface area contributed by atoms with Crippen LogP contribution in [0.4, 0.5) is 8.78 Å². The van der Waals surface area contributed by atoms with Crippen LogP contribution in [0, 0.1) is 11.6 Å². The average Bonchev–Trinajstić information content (AvgIpc) is 3.37. The highest BCUT2D eigenvalue weighted by Crippen LogP contribution is 2.39. The van der Waals surface area contributed by atoms with Crippen LogP contribution >= 0.6 is 0 Å². The van der Waals surface area contributed by atoms with Crippen molar-refractivity contribution in [2.45, 2.75) is 38.1 Å². The second kappa shape index (κ2) is 6.86. The summed E-state index contributed by atoms with van der Waals surface area (Å²) in [6.45, 7) is 0. The minimum absolute atomic E-state index is 0.359. The molecule has 0 radical (unpaired) electrons. The molecule has 0 saturated heterocycles. The van der Waals surface area contributed by atoms with Gasteiger partial charge in [-0.25, -0.2) is 18.7 Å². The molecule has 0 amide bonds. The quantitative estimate of drug-likeness (QED) is 0.484. The number of halogens is 2. The summed E-state index contributed by atoms with van der Waals surface area (Å²) in [5.74, 6) is -1.72. The lowest BCUT2D eigenvalue weighted by Crippen LogP contribution is -2.13. The number of nitrogens with one attached hydrogen (secondary N) is 1. The molecule has 142 valence electrons. The van der Waals surface area contributed by atoms with E-state index in [0.29, 0.717) is 17.3 Å². The summed E-state index contributed by atoms with van der Waals surface area (Å²) in [6.07, 6.45) is 11.3. The molecule has 0 bridgehead atoms. The van der Waals surface area contributed by atoms with E-state index in [9.17, 15) is 8.78 Å². The van der Waals surface area contributed by atoms with E-state index < -0.39 is 11.6 Å². The Morgan fingerprint density at radius 1 is 0.964 bits per heavy atom. The van der Waals surface area contributed by atoms with E-state index in [1.54, 1.807) is 12.3 Å². The number of aromatic nitrogens is 4. The third-order valence-electron chi connectivity index (χ3n) is 5.67. The largest absolute Gasteiger partial charge is 0.346 e. The number of benzene rings is 1. The minimum atomic E-state index is -0.864. The molecule has 3 aromatic heterocycles. The normalized spacial score (nSPS) is 15.4.